The van der Waals surface area contributed by atoms with E-state index in [0.29, 0.717) is 4.87 Å². The van der Waals surface area contributed by atoms with Gasteiger partial charge in [-0.3, -0.25) is 4.90 Å². The van der Waals surface area contributed by atoms with Crippen molar-refractivity contribution in [3.63, 3.8) is 0 Å². The first-order valence-electron chi connectivity index (χ1n) is 4.19. The second kappa shape index (κ2) is 2.10. The lowest BCUT2D eigenvalue weighted by molar-refractivity contribution is 0.610. The van der Waals surface area contributed by atoms with Crippen LogP contribution in [0.5, 0.6) is 0 Å². The number of hydrogen-bond donors (Lipinski definition) is 0. The second-order valence-corrected chi connectivity index (χ2v) is 7.64. The van der Waals surface area contributed by atoms with E-state index in [1.807, 2.05) is 0 Å². The zero-order valence-corrected chi connectivity index (χ0v) is 8.74. The molecule has 0 radical (unpaired) electrons. The SMILES string of the molecule is C#CCN1CC12C=S2(C)=C(C)C. The van der Waals surface area contributed by atoms with Crippen molar-refractivity contribution in [3.8, 4) is 12.3 Å². The van der Waals surface area contributed by atoms with Crippen LogP contribution >= 0.6 is 9.21 Å². The highest BCUT2D eigenvalue weighted by atomic mass is 32.2. The third-order valence-corrected chi connectivity index (χ3v) is 7.35. The van der Waals surface area contributed by atoms with Crippen molar-refractivity contribution < 1.29 is 0 Å². The van der Waals surface area contributed by atoms with E-state index in [1.54, 1.807) is 4.86 Å². The third-order valence-electron chi connectivity index (χ3n) is 3.08. The molecule has 3 atom stereocenters. The second-order valence-electron chi connectivity index (χ2n) is 3.91. The molecule has 2 aliphatic heterocycles. The number of nitrogens with zero attached hydrogens (tertiary/aromatic N) is 1. The highest BCUT2D eigenvalue weighted by Crippen LogP contribution is 2.62. The van der Waals surface area contributed by atoms with Crippen molar-refractivity contribution in [1.82, 2.24) is 4.90 Å². The minimum Gasteiger partial charge on any atom is -0.271 e. The van der Waals surface area contributed by atoms with Crippen LogP contribution in [-0.2, 0) is 0 Å². The summed E-state index contributed by atoms with van der Waals surface area (Å²) in [6.45, 7) is 6.51. The van der Waals surface area contributed by atoms with Crippen LogP contribution in [0.3, 0.4) is 0 Å². The number of rotatable bonds is 1. The zero-order valence-electron chi connectivity index (χ0n) is 7.92. The van der Waals surface area contributed by atoms with E-state index < -0.39 is 9.21 Å². The molecule has 0 aliphatic carbocycles. The maximum atomic E-state index is 5.28. The Balaban J connectivity index is 2.20. The fourth-order valence-corrected chi connectivity index (χ4v) is 5.18. The Morgan fingerprint density at radius 2 is 2.42 bits per heavy atom. The summed E-state index contributed by atoms with van der Waals surface area (Å²) < 4.78 is 0. The van der Waals surface area contributed by atoms with Gasteiger partial charge in [-0.05, 0) is 25.5 Å². The molecule has 1 fully saturated rings. The maximum Gasteiger partial charge on any atom is 0.0953 e. The summed E-state index contributed by atoms with van der Waals surface area (Å²) in [6, 6.07) is 0. The molecular formula is C10H15NS. The van der Waals surface area contributed by atoms with Crippen LogP contribution in [-0.4, -0.2) is 39.3 Å². The maximum absolute atomic E-state index is 5.28. The minimum atomic E-state index is -0.507. The first-order valence-corrected chi connectivity index (χ1v) is 6.30. The van der Waals surface area contributed by atoms with Crippen molar-refractivity contribution in [2.75, 3.05) is 19.3 Å². The van der Waals surface area contributed by atoms with Gasteiger partial charge in [0.05, 0.1) is 11.4 Å². The Labute approximate surface area is 75.2 Å². The van der Waals surface area contributed by atoms with Gasteiger partial charge in [0.25, 0.3) is 0 Å². The molecule has 2 heterocycles. The van der Waals surface area contributed by atoms with Crippen molar-refractivity contribution in [2.45, 2.75) is 18.7 Å². The molecule has 1 saturated heterocycles. The smallest absolute Gasteiger partial charge is 0.0953 e. The van der Waals surface area contributed by atoms with Crippen LogP contribution < -0.4 is 0 Å². The van der Waals surface area contributed by atoms with Gasteiger partial charge in [-0.15, -0.1) is 6.42 Å². The molecule has 66 valence electrons. The Morgan fingerprint density at radius 3 is 2.83 bits per heavy atom. The van der Waals surface area contributed by atoms with Gasteiger partial charge >= 0.3 is 0 Å². The predicted molar refractivity (Wildman–Crippen MR) is 59.1 cm³/mol. The molecule has 1 spiro atoms. The fourth-order valence-electron chi connectivity index (χ4n) is 1.87. The molecule has 12 heavy (non-hydrogen) atoms. The normalized spacial score (nSPS) is 48.0. The molecule has 1 nitrogen and oxygen atoms in total. The van der Waals surface area contributed by atoms with E-state index in [2.05, 4.69) is 36.3 Å². The first kappa shape index (κ1) is 8.22. The van der Waals surface area contributed by atoms with Gasteiger partial charge < -0.3 is 0 Å². The van der Waals surface area contributed by atoms with Crippen molar-refractivity contribution in [3.05, 3.63) is 0 Å². The average molecular weight is 181 g/mol. The molecule has 0 aromatic rings. The van der Waals surface area contributed by atoms with Gasteiger partial charge in [0.2, 0.25) is 0 Å². The molecule has 0 bridgehead atoms. The summed E-state index contributed by atoms with van der Waals surface area (Å²) in [5.41, 5.74) is 0. The Hall–Kier alpha value is -0.390. The molecule has 0 aromatic heterocycles. The molecule has 3 unspecified atom stereocenters. The van der Waals surface area contributed by atoms with Crippen LogP contribution in [0.4, 0.5) is 0 Å². The third kappa shape index (κ3) is 0.760. The Morgan fingerprint density at radius 1 is 1.75 bits per heavy atom. The molecule has 0 aromatic carbocycles. The standard InChI is InChI=1S/C10H15NS/c1-5-6-11-7-10(11)8-12(10,4)9(2)3/h1,8H,6-7H2,2-4H3. The molecule has 0 saturated carbocycles. The molecule has 0 amide bonds. The van der Waals surface area contributed by atoms with Crippen LogP contribution in [0.15, 0.2) is 0 Å². The molecule has 2 rings (SSSR count). The average Bonchev–Trinajstić information content (AvgIpc) is 2.78. The molecular weight excluding hydrogens is 166 g/mol. The van der Waals surface area contributed by atoms with Crippen LogP contribution in [0, 0.1) is 12.3 Å². The predicted octanol–water partition coefficient (Wildman–Crippen LogP) is 1.09. The Kier molecular flexibility index (Phi) is 1.44. The fraction of sp³-hybridized carbons (Fsp3) is 0.600. The summed E-state index contributed by atoms with van der Waals surface area (Å²) in [4.78, 5) is 4.44. The van der Waals surface area contributed by atoms with E-state index in [9.17, 15) is 0 Å². The quantitative estimate of drug-likeness (QED) is 0.332. The van der Waals surface area contributed by atoms with Gasteiger partial charge in [0.1, 0.15) is 0 Å². The molecule has 0 N–H and O–H groups in total. The highest BCUT2D eigenvalue weighted by molar-refractivity contribution is 8.38. The van der Waals surface area contributed by atoms with E-state index in [-0.39, 0.29) is 0 Å². The summed E-state index contributed by atoms with van der Waals surface area (Å²) in [6.07, 6.45) is 7.67. The van der Waals surface area contributed by atoms with Crippen molar-refractivity contribution in [2.24, 2.45) is 0 Å². The van der Waals surface area contributed by atoms with E-state index in [4.69, 9.17) is 6.42 Å². The zero-order chi connectivity index (χ0) is 8.98. The van der Waals surface area contributed by atoms with Gasteiger partial charge in [-0.25, -0.2) is 0 Å². The van der Waals surface area contributed by atoms with Gasteiger partial charge in [-0.1, -0.05) is 10.8 Å². The van der Waals surface area contributed by atoms with Gasteiger partial charge in [-0.2, -0.15) is 9.21 Å². The largest absolute Gasteiger partial charge is 0.271 e. The van der Waals surface area contributed by atoms with Gasteiger partial charge in [0.15, 0.2) is 0 Å². The topological polar surface area (TPSA) is 3.01 Å². The van der Waals surface area contributed by atoms with Crippen LogP contribution in [0.2, 0.25) is 0 Å². The lowest BCUT2D eigenvalue weighted by Crippen LogP contribution is -2.06. The number of hydrogen-bond acceptors (Lipinski definition) is 1. The van der Waals surface area contributed by atoms with Crippen molar-refractivity contribution >= 4 is 19.4 Å². The monoisotopic (exact) mass is 181 g/mol. The summed E-state index contributed by atoms with van der Waals surface area (Å²) >= 11 is 0. The Bertz CT molecular complexity index is 387. The van der Waals surface area contributed by atoms with Gasteiger partial charge in [0, 0.05) is 6.54 Å². The highest BCUT2D eigenvalue weighted by Gasteiger charge is 2.62. The summed E-state index contributed by atoms with van der Waals surface area (Å²) in [5.74, 6) is 2.71. The lowest BCUT2D eigenvalue weighted by atomic mass is 10.5. The number of terminal acetylenes is 1. The molecule has 2 aliphatic rings. The first-order chi connectivity index (χ1) is 5.57. The molecule has 2 heteroatoms. The van der Waals surface area contributed by atoms with E-state index in [0.717, 1.165) is 6.54 Å². The van der Waals surface area contributed by atoms with Crippen LogP contribution in [0.1, 0.15) is 13.8 Å². The minimum absolute atomic E-state index is 0.457. The van der Waals surface area contributed by atoms with E-state index >= 15 is 0 Å². The lowest BCUT2D eigenvalue weighted by Gasteiger charge is -2.03. The van der Waals surface area contributed by atoms with Crippen LogP contribution in [0.25, 0.3) is 0 Å². The summed E-state index contributed by atoms with van der Waals surface area (Å²) in [5, 5.41) is 2.51. The summed E-state index contributed by atoms with van der Waals surface area (Å²) in [7, 11) is -0.507. The van der Waals surface area contributed by atoms with E-state index in [1.165, 1.54) is 6.54 Å². The van der Waals surface area contributed by atoms with Crippen molar-refractivity contribution in [1.29, 1.82) is 0 Å².